The molecule has 0 saturated carbocycles. The van der Waals surface area contributed by atoms with Gasteiger partial charge in [0.05, 0.1) is 53.2 Å². The molecule has 8 aromatic carbocycles. The van der Waals surface area contributed by atoms with Gasteiger partial charge in [0.25, 0.3) is 0 Å². The van der Waals surface area contributed by atoms with E-state index in [1.54, 1.807) is 109 Å². The Morgan fingerprint density at radius 2 is 0.653 bits per heavy atom. The Hall–Kier alpha value is -11.3. The molecule has 21 unspecified atom stereocenters. The third-order valence-electron chi connectivity index (χ3n) is 20.4. The molecule has 4 aliphatic rings. The molecular weight excluding hydrogens is 1630 g/mol. The number of hydrogen-bond donors (Lipinski definition) is 4. The number of carbonyl (C=O) groups is 9. The highest BCUT2D eigenvalue weighted by atomic mass is 31.0. The van der Waals surface area contributed by atoms with Crippen LogP contribution in [-0.4, -0.2) is 242 Å². The highest BCUT2D eigenvalue weighted by Gasteiger charge is 2.62. The third-order valence-corrected chi connectivity index (χ3v) is 20.7. The SMILES string of the molecule is CCCCOCC1OC(OCCN(Cc2ccccc2)C(=O)OCc2ccccc2)C(OC(=O)c2ccccc2)C(OC(=O)c2ccccc2)C1OC1OC(C(=O)O)C(O)C(OC2OC(COCCCC)C(OC3OC(C(=O)O)C(O)C(OP)C3OC(=O)c3ccccc3)C(OC(=O)c3ccccc3)C2OC(=O)c2ccccc2)C1OC(=O)c1ccccc1. The van der Waals surface area contributed by atoms with E-state index in [2.05, 4.69) is 0 Å². The van der Waals surface area contributed by atoms with Crippen LogP contribution in [-0.2, 0) is 108 Å². The van der Waals surface area contributed by atoms with Crippen LogP contribution in [0.25, 0.3) is 0 Å². The van der Waals surface area contributed by atoms with Crippen LogP contribution in [0.2, 0.25) is 0 Å². The summed E-state index contributed by atoms with van der Waals surface area (Å²) >= 11 is 0. The summed E-state index contributed by atoms with van der Waals surface area (Å²) in [4.78, 5) is 133. The minimum Gasteiger partial charge on any atom is -0.479 e. The summed E-state index contributed by atoms with van der Waals surface area (Å²) in [6.07, 6.45) is -41.3. The number of unbranched alkanes of at least 4 members (excludes halogenated alkanes) is 2. The molecule has 8 aromatic rings. The zero-order valence-corrected chi connectivity index (χ0v) is 68.6. The van der Waals surface area contributed by atoms with Crippen molar-refractivity contribution >= 4 is 63.3 Å². The summed E-state index contributed by atoms with van der Waals surface area (Å²) in [5.41, 5.74) is 0.812. The summed E-state index contributed by atoms with van der Waals surface area (Å²) in [7, 11) is 1.88. The Bertz CT molecular complexity index is 4730. The van der Waals surface area contributed by atoms with Crippen LogP contribution in [0.15, 0.2) is 243 Å². The van der Waals surface area contributed by atoms with Crippen molar-refractivity contribution in [3.63, 3.8) is 0 Å². The van der Waals surface area contributed by atoms with E-state index >= 15 is 19.2 Å². The van der Waals surface area contributed by atoms with Crippen molar-refractivity contribution in [2.45, 2.75) is 176 Å². The number of hydrogen-bond acceptors (Lipinski definition) is 29. The van der Waals surface area contributed by atoms with Gasteiger partial charge in [0.15, 0.2) is 74.0 Å². The lowest BCUT2D eigenvalue weighted by molar-refractivity contribution is -0.383. The first-order chi connectivity index (χ1) is 60.3. The van der Waals surface area contributed by atoms with Gasteiger partial charge in [-0.2, -0.15) is 0 Å². The number of aliphatic carboxylic acids is 2. The number of benzene rings is 8. The predicted octanol–water partition coefficient (Wildman–Crippen LogP) is 9.95. The minimum absolute atomic E-state index is 0.00670. The van der Waals surface area contributed by atoms with Crippen molar-refractivity contribution in [2.75, 3.05) is 39.6 Å². The van der Waals surface area contributed by atoms with Crippen LogP contribution in [0.3, 0.4) is 0 Å². The quantitative estimate of drug-likeness (QED) is 0.0120. The van der Waals surface area contributed by atoms with Gasteiger partial charge in [0, 0.05) is 35.8 Å². The molecular formula is C91H96NO31P. The largest absolute Gasteiger partial charge is 0.479 e. The van der Waals surface area contributed by atoms with Crippen LogP contribution in [0.5, 0.6) is 0 Å². The second-order valence-electron chi connectivity index (χ2n) is 29.1. The van der Waals surface area contributed by atoms with Gasteiger partial charge in [-0.15, -0.1) is 0 Å². The lowest BCUT2D eigenvalue weighted by atomic mass is 9.94. The van der Waals surface area contributed by atoms with E-state index in [4.69, 9.17) is 85.1 Å². The Morgan fingerprint density at radius 3 is 1.01 bits per heavy atom. The summed E-state index contributed by atoms with van der Waals surface area (Å²) in [6.45, 7) is 1.93. The predicted molar refractivity (Wildman–Crippen MR) is 436 cm³/mol. The number of ether oxygens (including phenoxy) is 17. The molecule has 0 bridgehead atoms. The van der Waals surface area contributed by atoms with Crippen molar-refractivity contribution < 1.29 is 149 Å². The van der Waals surface area contributed by atoms with Gasteiger partial charge in [-0.05, 0) is 96.8 Å². The Kier molecular flexibility index (Phi) is 34.0. The fraction of sp³-hybridized carbons (Fsp3) is 0.374. The van der Waals surface area contributed by atoms with E-state index in [1.807, 2.05) is 35.4 Å². The number of aliphatic hydroxyl groups excluding tert-OH is 2. The third kappa shape index (κ3) is 24.4. The molecule has 21 atom stereocenters. The summed E-state index contributed by atoms with van der Waals surface area (Å²) in [6, 6.07) is 62.5. The molecule has 4 N–H and O–H groups in total. The molecule has 1 amide bonds. The fourth-order valence-electron chi connectivity index (χ4n) is 14.0. The van der Waals surface area contributed by atoms with E-state index in [-0.39, 0.29) is 66.3 Å². The Balaban J connectivity index is 0.993. The Morgan fingerprint density at radius 1 is 0.355 bits per heavy atom. The maximum atomic E-state index is 15.2. The van der Waals surface area contributed by atoms with Gasteiger partial charge in [-0.1, -0.05) is 197 Å². The van der Waals surface area contributed by atoms with Gasteiger partial charge in [-0.3, -0.25) is 0 Å². The topological polar surface area (TPSA) is 404 Å². The highest BCUT2D eigenvalue weighted by molar-refractivity contribution is 7.09. The van der Waals surface area contributed by atoms with E-state index in [0.29, 0.717) is 36.8 Å². The lowest BCUT2D eigenvalue weighted by Crippen LogP contribution is -2.69. The average Bonchev–Trinajstić information content (AvgIpc) is 0.753. The van der Waals surface area contributed by atoms with Crippen LogP contribution in [0, 0.1) is 0 Å². The lowest BCUT2D eigenvalue weighted by Gasteiger charge is -2.50. The van der Waals surface area contributed by atoms with Gasteiger partial charge >= 0.3 is 53.8 Å². The molecule has 0 spiro atoms. The summed E-state index contributed by atoms with van der Waals surface area (Å²) < 4.78 is 116. The van der Waals surface area contributed by atoms with Crippen molar-refractivity contribution in [3.05, 3.63) is 287 Å². The smallest absolute Gasteiger partial charge is 0.410 e. The van der Waals surface area contributed by atoms with E-state index in [0.717, 1.165) is 0 Å². The molecule has 0 aromatic heterocycles. The van der Waals surface area contributed by atoms with E-state index < -0.39 is 196 Å². The van der Waals surface area contributed by atoms with Gasteiger partial charge in [0.1, 0.15) is 55.4 Å². The molecule has 4 fully saturated rings. The molecule has 0 aliphatic carbocycles. The molecule has 33 heteroatoms. The number of carboxylic acids is 2. The van der Waals surface area contributed by atoms with E-state index in [9.17, 15) is 44.4 Å². The van der Waals surface area contributed by atoms with Crippen molar-refractivity contribution in [1.29, 1.82) is 0 Å². The first-order valence-electron chi connectivity index (χ1n) is 40.4. The standard InChI is InChI=1S/C91H96NO31P/c1-3-5-48-106-53-63-67(73(112-81(99)57-35-19-9-20-36-57)77(116-85(103)61-43-27-13-28-44-61)87(110-63)108-50-47-92(51-55-31-15-7-16-32-55)91(105)109-52-56-33-17-8-18-34-56)118-89-75(114-83(101)59-39-23-11-24-40-59)69(65(93)71(121-89)79(95)96)120-88-78(117-86(104)62-45-29-14-30-46-62)74(113-82(100)58-37-21-10-22-38-58)68(64(111-88)54-107-49-6-4-2)119-90-76(115-84(102)60-41-25-12-26-42-60)70(123-124)66(94)72(122-90)80(97)98/h7-46,63-78,87-90,93-94H,3-6,47-54,124H2,1-2H3,(H,95,96)(H,97,98). The molecule has 0 radical (unpaired) electrons. The molecule has 124 heavy (non-hydrogen) atoms. The highest BCUT2D eigenvalue weighted by Crippen LogP contribution is 2.41. The normalized spacial score (nSPS) is 26.0. The molecule has 4 heterocycles. The zero-order valence-electron chi connectivity index (χ0n) is 67.5. The molecule has 32 nitrogen and oxygen atoms in total. The zero-order chi connectivity index (χ0) is 87.4. The second-order valence-corrected chi connectivity index (χ2v) is 29.4. The van der Waals surface area contributed by atoms with Crippen LogP contribution < -0.4 is 0 Å². The number of rotatable bonds is 39. The first-order valence-corrected chi connectivity index (χ1v) is 40.8. The number of esters is 6. The summed E-state index contributed by atoms with van der Waals surface area (Å²) in [5.74, 6) is -10.4. The number of aliphatic hydroxyl groups is 2. The van der Waals surface area contributed by atoms with Crippen LogP contribution in [0.1, 0.15) is 113 Å². The van der Waals surface area contributed by atoms with Crippen molar-refractivity contribution in [1.82, 2.24) is 4.90 Å². The van der Waals surface area contributed by atoms with E-state index in [1.165, 1.54) is 126 Å². The second kappa shape index (κ2) is 45.9. The fourth-order valence-corrected chi connectivity index (χ4v) is 14.3. The van der Waals surface area contributed by atoms with Crippen LogP contribution in [0.4, 0.5) is 4.79 Å². The number of carboxylic acid groups (broad SMARTS) is 2. The summed E-state index contributed by atoms with van der Waals surface area (Å²) in [5, 5.41) is 46.9. The molecule has 4 saturated heterocycles. The van der Waals surface area contributed by atoms with Gasteiger partial charge in [0.2, 0.25) is 0 Å². The molecule has 12 rings (SSSR count). The average molecular weight is 1730 g/mol. The van der Waals surface area contributed by atoms with Gasteiger partial charge < -0.3 is 110 Å². The molecule has 656 valence electrons. The molecule has 4 aliphatic heterocycles. The Labute approximate surface area is 715 Å². The van der Waals surface area contributed by atoms with Crippen molar-refractivity contribution in [3.8, 4) is 0 Å². The minimum atomic E-state index is -2.56. The van der Waals surface area contributed by atoms with Crippen LogP contribution >= 0.6 is 9.47 Å². The monoisotopic (exact) mass is 1730 g/mol. The number of carbonyl (C=O) groups excluding carboxylic acids is 7. The van der Waals surface area contributed by atoms with Crippen molar-refractivity contribution in [2.24, 2.45) is 0 Å². The number of nitrogens with zero attached hydrogens (tertiary/aromatic N) is 1. The maximum Gasteiger partial charge on any atom is 0.410 e. The maximum absolute atomic E-state index is 15.2. The number of amides is 1. The van der Waals surface area contributed by atoms with Gasteiger partial charge in [-0.25, -0.2) is 43.2 Å². The first kappa shape index (κ1) is 91.9.